The Morgan fingerprint density at radius 1 is 0.500 bits per heavy atom. The molecule has 310 valence electrons. The first-order chi connectivity index (χ1) is 26.3. The average Bonchev–Trinajstić information content (AvgIpc) is 3.14. The summed E-state index contributed by atoms with van der Waals surface area (Å²) in [5.74, 6) is -0.982. The zero-order valence-electron chi connectivity index (χ0n) is 34.1. The van der Waals surface area contributed by atoms with E-state index in [0.717, 1.165) is 51.4 Å². The van der Waals surface area contributed by atoms with Crippen LogP contribution in [0.3, 0.4) is 0 Å². The molecule has 0 radical (unpaired) electrons. The lowest BCUT2D eigenvalue weighted by Gasteiger charge is -2.18. The molecule has 0 bridgehead atoms. The molecule has 0 unspecified atom stereocenters. The Labute approximate surface area is 329 Å². The lowest BCUT2D eigenvalue weighted by Crippen LogP contribution is -2.29. The molecule has 9 heteroatoms. The SMILES string of the molecule is CC/C=C/C/C=C/C/C=C/C/C=C/C/C=C/C/C=C/CCC(=O)O[C@H](COC(=O)CCCCCCCCCCCCCCCCCCC)COP(=O)(O)O. The molecule has 8 nitrogen and oxygen atoms in total. The molecule has 0 aliphatic rings. The molecule has 2 N–H and O–H groups in total. The number of hydrogen-bond donors (Lipinski definition) is 2. The van der Waals surface area contributed by atoms with Crippen LogP contribution < -0.4 is 0 Å². The molecule has 0 aromatic rings. The van der Waals surface area contributed by atoms with Gasteiger partial charge in [0.25, 0.3) is 0 Å². The van der Waals surface area contributed by atoms with Gasteiger partial charge in [-0.1, -0.05) is 189 Å². The van der Waals surface area contributed by atoms with Crippen molar-refractivity contribution in [3.63, 3.8) is 0 Å². The quantitative estimate of drug-likeness (QED) is 0.0275. The van der Waals surface area contributed by atoms with Crippen LogP contribution in [0.25, 0.3) is 0 Å². The summed E-state index contributed by atoms with van der Waals surface area (Å²) in [4.78, 5) is 42.8. The van der Waals surface area contributed by atoms with Crippen molar-refractivity contribution in [2.24, 2.45) is 0 Å². The first-order valence-electron chi connectivity index (χ1n) is 21.2. The van der Waals surface area contributed by atoms with Crippen LogP contribution in [-0.2, 0) is 28.2 Å². The molecule has 0 saturated heterocycles. The Balaban J connectivity index is 4.04. The molecule has 0 aliphatic carbocycles. The zero-order valence-corrected chi connectivity index (χ0v) is 35.0. The molecule has 0 rings (SSSR count). The van der Waals surface area contributed by atoms with Gasteiger partial charge in [0.15, 0.2) is 6.10 Å². The Morgan fingerprint density at radius 2 is 0.889 bits per heavy atom. The second kappa shape index (κ2) is 40.2. The van der Waals surface area contributed by atoms with Crippen LogP contribution in [0.15, 0.2) is 72.9 Å². The summed E-state index contributed by atoms with van der Waals surface area (Å²) in [6.45, 7) is 3.52. The van der Waals surface area contributed by atoms with Gasteiger partial charge in [0, 0.05) is 12.8 Å². The van der Waals surface area contributed by atoms with Crippen molar-refractivity contribution >= 4 is 19.8 Å². The summed E-state index contributed by atoms with van der Waals surface area (Å²) in [6, 6.07) is 0. The molecule has 0 aliphatic heterocycles. The molecule has 0 amide bonds. The molecule has 54 heavy (non-hydrogen) atoms. The van der Waals surface area contributed by atoms with E-state index < -0.39 is 32.5 Å². The Bertz CT molecular complexity index is 1100. The van der Waals surface area contributed by atoms with E-state index in [-0.39, 0.29) is 19.4 Å². The number of ether oxygens (including phenoxy) is 2. The predicted octanol–water partition coefficient (Wildman–Crippen LogP) is 13.1. The summed E-state index contributed by atoms with van der Waals surface area (Å²) >= 11 is 0. The van der Waals surface area contributed by atoms with Crippen LogP contribution >= 0.6 is 7.82 Å². The number of phosphoric ester groups is 1. The van der Waals surface area contributed by atoms with Gasteiger partial charge in [-0.3, -0.25) is 14.1 Å². The van der Waals surface area contributed by atoms with Crippen LogP contribution in [0, 0.1) is 0 Å². The van der Waals surface area contributed by atoms with Crippen LogP contribution in [-0.4, -0.2) is 41.0 Å². The highest BCUT2D eigenvalue weighted by atomic mass is 31.2. The largest absolute Gasteiger partial charge is 0.469 e. The third-order valence-electron chi connectivity index (χ3n) is 8.75. The highest BCUT2D eigenvalue weighted by Gasteiger charge is 2.22. The minimum absolute atomic E-state index is 0.0851. The Kier molecular flexibility index (Phi) is 38.3. The van der Waals surface area contributed by atoms with Gasteiger partial charge in [-0.2, -0.15) is 0 Å². The summed E-state index contributed by atoms with van der Waals surface area (Å²) < 4.78 is 26.3. The van der Waals surface area contributed by atoms with E-state index in [2.05, 4.69) is 79.1 Å². The van der Waals surface area contributed by atoms with Crippen molar-refractivity contribution in [3.8, 4) is 0 Å². The van der Waals surface area contributed by atoms with Crippen LogP contribution in [0.5, 0.6) is 0 Å². The van der Waals surface area contributed by atoms with Gasteiger partial charge in [-0.05, 0) is 51.4 Å². The number of esters is 2. The summed E-state index contributed by atoms with van der Waals surface area (Å²) in [5.41, 5.74) is 0. The number of carbonyl (C=O) groups excluding carboxylic acids is 2. The van der Waals surface area contributed by atoms with Crippen molar-refractivity contribution in [1.29, 1.82) is 0 Å². The number of carbonyl (C=O) groups is 2. The molecular formula is C45H77O8P. The molecule has 0 fully saturated rings. The number of hydrogen-bond acceptors (Lipinski definition) is 6. The van der Waals surface area contributed by atoms with E-state index in [1.165, 1.54) is 89.9 Å². The molecule has 0 spiro atoms. The highest BCUT2D eigenvalue weighted by Crippen LogP contribution is 2.36. The number of allylic oxidation sites excluding steroid dienone is 12. The standard InChI is InChI=1S/C45H77O8P/c1-3-5-7-9-11-13-15-17-19-21-22-24-26-28-30-32-34-36-38-40-45(47)53-43(42-52-54(48,49)50)41-51-44(46)39-37-35-33-31-29-27-25-23-20-18-16-14-12-10-8-6-4-2/h5,7,11,13,17,19,22,24,28,30,34,36,43H,3-4,6,8-10,12,14-16,18,20-21,23,25-27,29,31-33,35,37-42H2,1-2H3,(H2,48,49,50)/b7-5+,13-11+,19-17+,24-22+,30-28+,36-34+/t43-/m1/s1. The third-order valence-corrected chi connectivity index (χ3v) is 9.24. The van der Waals surface area contributed by atoms with Crippen molar-refractivity contribution in [3.05, 3.63) is 72.9 Å². The second-order valence-electron chi connectivity index (χ2n) is 13.9. The lowest BCUT2D eigenvalue weighted by atomic mass is 10.0. The summed E-state index contributed by atoms with van der Waals surface area (Å²) in [7, 11) is -4.78. The molecule has 0 heterocycles. The number of unbranched alkanes of at least 4 members (excludes halogenated alkanes) is 16. The monoisotopic (exact) mass is 777 g/mol. The molecule has 0 aromatic heterocycles. The topological polar surface area (TPSA) is 119 Å². The van der Waals surface area contributed by atoms with Crippen molar-refractivity contribution < 1.29 is 37.9 Å². The minimum atomic E-state index is -4.78. The average molecular weight is 777 g/mol. The van der Waals surface area contributed by atoms with E-state index in [4.69, 9.17) is 19.3 Å². The van der Waals surface area contributed by atoms with Gasteiger partial charge in [-0.25, -0.2) is 4.57 Å². The first-order valence-corrected chi connectivity index (χ1v) is 22.8. The molecule has 0 saturated carbocycles. The fourth-order valence-corrected chi connectivity index (χ4v) is 5.99. The Hall–Kier alpha value is -2.51. The summed E-state index contributed by atoms with van der Waals surface area (Å²) in [5, 5.41) is 0. The van der Waals surface area contributed by atoms with E-state index in [1.807, 2.05) is 12.2 Å². The second-order valence-corrected chi connectivity index (χ2v) is 15.2. The fraction of sp³-hybridized carbons (Fsp3) is 0.689. The van der Waals surface area contributed by atoms with Gasteiger partial charge >= 0.3 is 19.8 Å². The van der Waals surface area contributed by atoms with Gasteiger partial charge in [0.05, 0.1) is 6.61 Å². The van der Waals surface area contributed by atoms with Gasteiger partial charge in [-0.15, -0.1) is 0 Å². The maximum Gasteiger partial charge on any atom is 0.469 e. The summed E-state index contributed by atoms with van der Waals surface area (Å²) in [6.07, 6.45) is 52.1. The van der Waals surface area contributed by atoms with E-state index in [0.29, 0.717) is 12.8 Å². The van der Waals surface area contributed by atoms with Gasteiger partial charge < -0.3 is 19.3 Å². The third kappa shape index (κ3) is 42.2. The van der Waals surface area contributed by atoms with Crippen molar-refractivity contribution in [2.45, 2.75) is 187 Å². The van der Waals surface area contributed by atoms with Crippen LogP contribution in [0.1, 0.15) is 181 Å². The predicted molar refractivity (Wildman–Crippen MR) is 225 cm³/mol. The van der Waals surface area contributed by atoms with E-state index >= 15 is 0 Å². The fourth-order valence-electron chi connectivity index (χ4n) is 5.63. The lowest BCUT2D eigenvalue weighted by molar-refractivity contribution is -0.161. The van der Waals surface area contributed by atoms with Crippen molar-refractivity contribution in [2.75, 3.05) is 13.2 Å². The van der Waals surface area contributed by atoms with Gasteiger partial charge in [0.1, 0.15) is 6.61 Å². The van der Waals surface area contributed by atoms with Gasteiger partial charge in [0.2, 0.25) is 0 Å². The molecule has 0 aromatic carbocycles. The number of rotatable bonds is 38. The number of phosphoric acid groups is 1. The normalized spacial score (nSPS) is 13.2. The van der Waals surface area contributed by atoms with E-state index in [9.17, 15) is 14.2 Å². The molecule has 1 atom stereocenters. The maximum absolute atomic E-state index is 12.4. The molecular weight excluding hydrogens is 699 g/mol. The van der Waals surface area contributed by atoms with Crippen LogP contribution in [0.2, 0.25) is 0 Å². The van der Waals surface area contributed by atoms with Crippen molar-refractivity contribution in [1.82, 2.24) is 0 Å². The van der Waals surface area contributed by atoms with E-state index in [1.54, 1.807) is 0 Å². The zero-order chi connectivity index (χ0) is 39.6. The highest BCUT2D eigenvalue weighted by molar-refractivity contribution is 7.46. The first kappa shape index (κ1) is 51.5. The smallest absolute Gasteiger partial charge is 0.462 e. The minimum Gasteiger partial charge on any atom is -0.462 e. The van der Waals surface area contributed by atoms with Crippen LogP contribution in [0.4, 0.5) is 0 Å². The Morgan fingerprint density at radius 3 is 1.30 bits per heavy atom. The maximum atomic E-state index is 12.4.